The third kappa shape index (κ3) is 5.06. The van der Waals surface area contributed by atoms with E-state index < -0.39 is 6.04 Å². The summed E-state index contributed by atoms with van der Waals surface area (Å²) in [5.74, 6) is -0.239. The number of fused-ring (bicyclic) bond motifs is 2. The van der Waals surface area contributed by atoms with Gasteiger partial charge in [0.25, 0.3) is 5.91 Å². The number of amides is 3. The first-order valence-electron chi connectivity index (χ1n) is 11.6. The highest BCUT2D eigenvalue weighted by Crippen LogP contribution is 2.21. The third-order valence-electron chi connectivity index (χ3n) is 6.07. The number of nitrogens with zero attached hydrogens (tertiary/aromatic N) is 1. The highest BCUT2D eigenvalue weighted by atomic mass is 16.2. The molecule has 4 N–H and O–H groups in total. The van der Waals surface area contributed by atoms with Crippen LogP contribution in [0, 0.1) is 0 Å². The second-order valence-electron chi connectivity index (χ2n) is 8.55. The smallest absolute Gasteiger partial charge is 0.254 e. The molecule has 35 heavy (non-hydrogen) atoms. The van der Waals surface area contributed by atoms with Crippen LogP contribution in [0.5, 0.6) is 0 Å². The van der Waals surface area contributed by atoms with Crippen molar-refractivity contribution in [1.29, 1.82) is 0 Å². The SMILES string of the molecule is O=C(CCC1NC(=O)c2ccccc2NC1=O)NC(Cc1ccccc1)c1nc2ccccc2[nH]1. The Hall–Kier alpha value is -4.46. The van der Waals surface area contributed by atoms with E-state index in [1.54, 1.807) is 24.3 Å². The number of anilines is 1. The molecule has 176 valence electrons. The number of hydrogen-bond donors (Lipinski definition) is 4. The van der Waals surface area contributed by atoms with Crippen LogP contribution in [0.3, 0.4) is 0 Å². The van der Waals surface area contributed by atoms with Crippen molar-refractivity contribution in [3.05, 3.63) is 95.8 Å². The Morgan fingerprint density at radius 3 is 2.51 bits per heavy atom. The number of rotatable bonds is 7. The number of benzene rings is 3. The molecular formula is C27H25N5O3. The van der Waals surface area contributed by atoms with E-state index in [0.717, 1.165) is 16.6 Å². The van der Waals surface area contributed by atoms with E-state index in [1.165, 1.54) is 0 Å². The standard InChI is InChI=1S/C27H25N5O3/c33-24(15-14-22-27(35)31-19-11-5-4-10-18(19)26(34)32-22)28-23(16-17-8-2-1-3-9-17)25-29-20-12-6-7-13-21(20)30-25/h1-13,22-23H,14-16H2,(H,28,33)(H,29,30)(H,31,35)(H,32,34). The van der Waals surface area contributed by atoms with E-state index in [0.29, 0.717) is 23.5 Å². The minimum absolute atomic E-state index is 0.0697. The summed E-state index contributed by atoms with van der Waals surface area (Å²) >= 11 is 0. The number of aromatic amines is 1. The molecular weight excluding hydrogens is 442 g/mol. The second-order valence-corrected chi connectivity index (χ2v) is 8.55. The van der Waals surface area contributed by atoms with Crippen LogP contribution in [0.2, 0.25) is 0 Å². The van der Waals surface area contributed by atoms with Crippen LogP contribution in [0.15, 0.2) is 78.9 Å². The Labute approximate surface area is 202 Å². The molecule has 0 saturated carbocycles. The molecule has 8 heteroatoms. The van der Waals surface area contributed by atoms with Crippen molar-refractivity contribution in [2.75, 3.05) is 5.32 Å². The van der Waals surface area contributed by atoms with Gasteiger partial charge in [-0.15, -0.1) is 0 Å². The molecule has 1 aliphatic rings. The molecule has 0 aliphatic carbocycles. The van der Waals surface area contributed by atoms with Crippen LogP contribution in [-0.2, 0) is 16.0 Å². The Bertz CT molecular complexity index is 1350. The number of para-hydroxylation sites is 3. The highest BCUT2D eigenvalue weighted by Gasteiger charge is 2.28. The summed E-state index contributed by atoms with van der Waals surface area (Å²) in [6.07, 6.45) is 0.804. The number of H-pyrrole nitrogens is 1. The maximum Gasteiger partial charge on any atom is 0.254 e. The van der Waals surface area contributed by atoms with Crippen LogP contribution < -0.4 is 16.0 Å². The van der Waals surface area contributed by atoms with Crippen molar-refractivity contribution in [1.82, 2.24) is 20.6 Å². The van der Waals surface area contributed by atoms with Gasteiger partial charge in [0.15, 0.2) is 0 Å². The average molecular weight is 468 g/mol. The molecule has 5 rings (SSSR count). The Kier molecular flexibility index (Phi) is 6.26. The molecule has 2 heterocycles. The number of carbonyl (C=O) groups excluding carboxylic acids is 3. The van der Waals surface area contributed by atoms with Crippen LogP contribution in [0.4, 0.5) is 5.69 Å². The van der Waals surface area contributed by atoms with E-state index in [1.807, 2.05) is 54.6 Å². The zero-order valence-electron chi connectivity index (χ0n) is 19.0. The van der Waals surface area contributed by atoms with Crippen LogP contribution >= 0.6 is 0 Å². The molecule has 0 spiro atoms. The monoisotopic (exact) mass is 467 g/mol. The van der Waals surface area contributed by atoms with E-state index in [9.17, 15) is 14.4 Å². The maximum atomic E-state index is 13.0. The molecule has 0 fully saturated rings. The van der Waals surface area contributed by atoms with Crippen molar-refractivity contribution in [2.45, 2.75) is 31.3 Å². The lowest BCUT2D eigenvalue weighted by atomic mass is 10.0. The summed E-state index contributed by atoms with van der Waals surface area (Å²) < 4.78 is 0. The van der Waals surface area contributed by atoms with E-state index >= 15 is 0 Å². The Morgan fingerprint density at radius 1 is 0.943 bits per heavy atom. The first-order chi connectivity index (χ1) is 17.1. The van der Waals surface area contributed by atoms with Crippen molar-refractivity contribution >= 4 is 34.4 Å². The normalized spacial score (nSPS) is 16.1. The first-order valence-corrected chi connectivity index (χ1v) is 11.6. The quantitative estimate of drug-likeness (QED) is 0.333. The maximum absolute atomic E-state index is 13.0. The largest absolute Gasteiger partial charge is 0.346 e. The van der Waals surface area contributed by atoms with E-state index in [-0.39, 0.29) is 36.6 Å². The van der Waals surface area contributed by atoms with E-state index in [4.69, 9.17) is 0 Å². The lowest BCUT2D eigenvalue weighted by Crippen LogP contribution is -2.42. The van der Waals surface area contributed by atoms with Crippen molar-refractivity contribution in [3.8, 4) is 0 Å². The predicted octanol–water partition coefficient (Wildman–Crippen LogP) is 3.49. The summed E-state index contributed by atoms with van der Waals surface area (Å²) in [7, 11) is 0. The molecule has 3 amide bonds. The summed E-state index contributed by atoms with van der Waals surface area (Å²) in [5, 5.41) is 8.57. The molecule has 0 saturated heterocycles. The van der Waals surface area contributed by atoms with E-state index in [2.05, 4.69) is 25.9 Å². The molecule has 3 aromatic carbocycles. The zero-order chi connectivity index (χ0) is 24.2. The summed E-state index contributed by atoms with van der Waals surface area (Å²) in [5.41, 5.74) is 3.65. The number of aromatic nitrogens is 2. The van der Waals surface area contributed by atoms with Gasteiger partial charge in [0.1, 0.15) is 11.9 Å². The fraction of sp³-hybridized carbons (Fsp3) is 0.185. The van der Waals surface area contributed by atoms with Gasteiger partial charge < -0.3 is 20.9 Å². The van der Waals surface area contributed by atoms with Crippen LogP contribution in [0.1, 0.15) is 40.6 Å². The van der Waals surface area contributed by atoms with Gasteiger partial charge >= 0.3 is 0 Å². The summed E-state index contributed by atoms with van der Waals surface area (Å²) in [4.78, 5) is 46.1. The lowest BCUT2D eigenvalue weighted by Gasteiger charge is -2.18. The number of hydrogen-bond acceptors (Lipinski definition) is 4. The van der Waals surface area contributed by atoms with Crippen LogP contribution in [-0.4, -0.2) is 33.7 Å². The molecule has 2 unspecified atom stereocenters. The third-order valence-corrected chi connectivity index (χ3v) is 6.07. The zero-order valence-corrected chi connectivity index (χ0v) is 19.0. The molecule has 2 atom stereocenters. The molecule has 0 radical (unpaired) electrons. The number of imidazole rings is 1. The first kappa shape index (κ1) is 22.3. The van der Waals surface area contributed by atoms with Gasteiger partial charge in [0.05, 0.1) is 28.3 Å². The van der Waals surface area contributed by atoms with Gasteiger partial charge in [-0.2, -0.15) is 0 Å². The van der Waals surface area contributed by atoms with Crippen molar-refractivity contribution < 1.29 is 14.4 Å². The summed E-state index contributed by atoms with van der Waals surface area (Å²) in [6, 6.07) is 23.2. The van der Waals surface area contributed by atoms with Gasteiger partial charge in [0, 0.05) is 6.42 Å². The molecule has 4 aromatic rings. The molecule has 8 nitrogen and oxygen atoms in total. The highest BCUT2D eigenvalue weighted by molar-refractivity contribution is 6.09. The van der Waals surface area contributed by atoms with Gasteiger partial charge in [-0.05, 0) is 42.7 Å². The van der Waals surface area contributed by atoms with Crippen LogP contribution in [0.25, 0.3) is 11.0 Å². The minimum Gasteiger partial charge on any atom is -0.346 e. The fourth-order valence-electron chi connectivity index (χ4n) is 4.26. The lowest BCUT2D eigenvalue weighted by molar-refractivity contribution is -0.122. The fourth-order valence-corrected chi connectivity index (χ4v) is 4.26. The average Bonchev–Trinajstić information content (AvgIpc) is 3.26. The minimum atomic E-state index is -0.806. The van der Waals surface area contributed by atoms with Crippen molar-refractivity contribution in [2.24, 2.45) is 0 Å². The summed E-state index contributed by atoms with van der Waals surface area (Å²) in [6.45, 7) is 0. The second kappa shape index (κ2) is 9.80. The van der Waals surface area contributed by atoms with Gasteiger partial charge in [-0.1, -0.05) is 54.6 Å². The molecule has 0 bridgehead atoms. The van der Waals surface area contributed by atoms with Gasteiger partial charge in [0.2, 0.25) is 11.8 Å². The van der Waals surface area contributed by atoms with Gasteiger partial charge in [-0.25, -0.2) is 4.98 Å². The Morgan fingerprint density at radius 2 is 1.69 bits per heavy atom. The Balaban J connectivity index is 1.28. The predicted molar refractivity (Wildman–Crippen MR) is 133 cm³/mol. The number of nitrogens with one attached hydrogen (secondary N) is 4. The van der Waals surface area contributed by atoms with Crippen molar-refractivity contribution in [3.63, 3.8) is 0 Å². The molecule has 1 aromatic heterocycles. The molecule has 1 aliphatic heterocycles. The number of carbonyl (C=O) groups is 3. The topological polar surface area (TPSA) is 116 Å². The van der Waals surface area contributed by atoms with Gasteiger partial charge in [-0.3, -0.25) is 14.4 Å².